The van der Waals surface area contributed by atoms with E-state index in [0.717, 1.165) is 53.4 Å². The van der Waals surface area contributed by atoms with Crippen molar-refractivity contribution in [1.29, 1.82) is 0 Å². The molecule has 2 aromatic rings. The number of aliphatic hydroxyl groups excluding tert-OH is 1. The van der Waals surface area contributed by atoms with Crippen molar-refractivity contribution in [1.82, 2.24) is 20.2 Å². The molecule has 2 unspecified atom stereocenters. The smallest absolute Gasteiger partial charge is 0.237 e. The number of halogens is 1. The van der Waals surface area contributed by atoms with Gasteiger partial charge in [-0.15, -0.1) is 11.3 Å². The molecular formula is C19H26ClN5O3S. The van der Waals surface area contributed by atoms with E-state index in [1.807, 2.05) is 17.9 Å². The molecule has 2 aliphatic heterocycles. The van der Waals surface area contributed by atoms with Crippen LogP contribution in [0.5, 0.6) is 0 Å². The lowest BCUT2D eigenvalue weighted by molar-refractivity contribution is -0.127. The number of piperidine rings is 1. The van der Waals surface area contributed by atoms with Gasteiger partial charge in [0, 0.05) is 24.5 Å². The van der Waals surface area contributed by atoms with Crippen LogP contribution in [0.15, 0.2) is 6.07 Å². The van der Waals surface area contributed by atoms with E-state index >= 15 is 0 Å². The number of thiophene rings is 1. The first-order chi connectivity index (χ1) is 14.0. The summed E-state index contributed by atoms with van der Waals surface area (Å²) in [7, 11) is 0. The number of hydrogen-bond acceptors (Lipinski definition) is 8. The Morgan fingerprint density at radius 1 is 1.41 bits per heavy atom. The summed E-state index contributed by atoms with van der Waals surface area (Å²) in [4.78, 5) is 26.6. The third-order valence-electron chi connectivity index (χ3n) is 5.48. The van der Waals surface area contributed by atoms with Gasteiger partial charge in [0.25, 0.3) is 0 Å². The Labute approximate surface area is 178 Å². The molecule has 2 N–H and O–H groups in total. The lowest BCUT2D eigenvalue weighted by Gasteiger charge is -2.33. The van der Waals surface area contributed by atoms with Crippen molar-refractivity contribution in [2.45, 2.75) is 38.5 Å². The lowest BCUT2D eigenvalue weighted by Crippen LogP contribution is -2.50. The van der Waals surface area contributed by atoms with E-state index in [9.17, 15) is 9.90 Å². The topological polar surface area (TPSA) is 90.8 Å². The van der Waals surface area contributed by atoms with Crippen LogP contribution in [-0.4, -0.2) is 77.4 Å². The van der Waals surface area contributed by atoms with Gasteiger partial charge in [-0.05, 0) is 44.0 Å². The van der Waals surface area contributed by atoms with Crippen molar-refractivity contribution in [3.05, 3.63) is 16.2 Å². The van der Waals surface area contributed by atoms with Gasteiger partial charge in [-0.1, -0.05) is 0 Å². The quantitative estimate of drug-likeness (QED) is 0.684. The fourth-order valence-corrected chi connectivity index (χ4v) is 5.06. The fraction of sp³-hybridized carbons (Fsp3) is 0.632. The molecule has 2 fully saturated rings. The van der Waals surface area contributed by atoms with Crippen LogP contribution in [-0.2, 0) is 16.1 Å². The third-order valence-corrected chi connectivity index (χ3v) is 6.77. The molecule has 0 aromatic carbocycles. The summed E-state index contributed by atoms with van der Waals surface area (Å²) in [5, 5.41) is 13.1. The third kappa shape index (κ3) is 4.80. The molecule has 0 bridgehead atoms. The Kier molecular flexibility index (Phi) is 6.50. The van der Waals surface area contributed by atoms with Crippen LogP contribution in [0, 0.1) is 0 Å². The first-order valence-corrected chi connectivity index (χ1v) is 11.2. The molecule has 8 nitrogen and oxygen atoms in total. The van der Waals surface area contributed by atoms with Crippen molar-refractivity contribution in [2.75, 3.05) is 44.3 Å². The molecule has 4 heterocycles. The molecule has 2 saturated heterocycles. The minimum Gasteiger partial charge on any atom is -0.392 e. The van der Waals surface area contributed by atoms with Gasteiger partial charge in [-0.25, -0.2) is 4.98 Å². The molecule has 0 spiro atoms. The Morgan fingerprint density at radius 2 is 2.21 bits per heavy atom. The predicted octanol–water partition coefficient (Wildman–Crippen LogP) is 1.64. The molecule has 0 radical (unpaired) electrons. The summed E-state index contributed by atoms with van der Waals surface area (Å²) in [6.45, 7) is 6.58. The monoisotopic (exact) mass is 439 g/mol. The van der Waals surface area contributed by atoms with Crippen LogP contribution >= 0.6 is 22.9 Å². The number of aliphatic hydroxyl groups is 1. The average molecular weight is 440 g/mol. The number of aromatic nitrogens is 2. The van der Waals surface area contributed by atoms with Gasteiger partial charge in [0.05, 0.1) is 42.1 Å². The van der Waals surface area contributed by atoms with Crippen LogP contribution in [0.1, 0.15) is 24.6 Å². The van der Waals surface area contributed by atoms with Gasteiger partial charge in [-0.3, -0.25) is 9.69 Å². The summed E-state index contributed by atoms with van der Waals surface area (Å²) in [6, 6.07) is 1.70. The molecule has 0 saturated carbocycles. The van der Waals surface area contributed by atoms with E-state index in [1.54, 1.807) is 11.3 Å². The molecule has 2 aliphatic rings. The second-order valence-corrected chi connectivity index (χ2v) is 9.00. The van der Waals surface area contributed by atoms with Crippen molar-refractivity contribution < 1.29 is 14.6 Å². The number of nitrogens with one attached hydrogen (secondary N) is 1. The van der Waals surface area contributed by atoms with E-state index in [2.05, 4.69) is 20.2 Å². The van der Waals surface area contributed by atoms with Gasteiger partial charge in [0.1, 0.15) is 0 Å². The number of hydrogen-bond donors (Lipinski definition) is 2. The van der Waals surface area contributed by atoms with Gasteiger partial charge in [-0.2, -0.15) is 4.98 Å². The number of anilines is 1. The lowest BCUT2D eigenvalue weighted by atomic mass is 10.1. The highest BCUT2D eigenvalue weighted by molar-refractivity contribution is 7.19. The number of carbonyl (C=O) groups excluding carboxylic acids is 1. The van der Waals surface area contributed by atoms with E-state index < -0.39 is 0 Å². The van der Waals surface area contributed by atoms with Crippen molar-refractivity contribution in [2.24, 2.45) is 0 Å². The summed E-state index contributed by atoms with van der Waals surface area (Å²) in [5.41, 5.74) is 0.799. The number of fused-ring (bicyclic) bond motifs is 1. The van der Waals surface area contributed by atoms with Crippen molar-refractivity contribution >= 4 is 44.9 Å². The zero-order chi connectivity index (χ0) is 20.4. The molecule has 1 amide bonds. The number of ether oxygens (including phenoxy) is 1. The number of β-amino-alcohol motifs (C(OH)–C–C–N with tert-alkyl or cyclic N) is 1. The van der Waals surface area contributed by atoms with Crippen molar-refractivity contribution in [3.63, 3.8) is 0 Å². The Balaban J connectivity index is 1.45. The number of morpholine rings is 1. The van der Waals surface area contributed by atoms with Gasteiger partial charge < -0.3 is 20.1 Å². The van der Waals surface area contributed by atoms with Gasteiger partial charge in [0.2, 0.25) is 11.2 Å². The van der Waals surface area contributed by atoms with E-state index in [1.165, 1.54) is 0 Å². The fourth-order valence-electron chi connectivity index (χ4n) is 3.84. The number of rotatable bonds is 5. The molecule has 2 atom stereocenters. The standard InChI is InChI=1S/C19H26ClN5O3S/c1-12(25-4-2-3-13(26)11-25)18(27)21-10-14-9-15-16(29-14)17(23-19(20)22-15)24-5-7-28-8-6-24/h9,12-13,26H,2-8,10-11H2,1H3,(H,21,27). The second kappa shape index (κ2) is 9.09. The van der Waals surface area contributed by atoms with Crippen LogP contribution in [0.4, 0.5) is 5.82 Å². The van der Waals surface area contributed by atoms with Crippen LogP contribution < -0.4 is 10.2 Å². The van der Waals surface area contributed by atoms with Gasteiger partial charge >= 0.3 is 0 Å². The molecule has 2 aromatic heterocycles. The SMILES string of the molecule is CC(C(=O)NCc1cc2nc(Cl)nc(N3CCOCC3)c2s1)N1CCCC(O)C1. The van der Waals surface area contributed by atoms with E-state index in [0.29, 0.717) is 26.3 Å². The maximum atomic E-state index is 12.6. The van der Waals surface area contributed by atoms with E-state index in [-0.39, 0.29) is 23.3 Å². The summed E-state index contributed by atoms with van der Waals surface area (Å²) < 4.78 is 6.41. The van der Waals surface area contributed by atoms with Crippen LogP contribution in [0.2, 0.25) is 5.28 Å². The summed E-state index contributed by atoms with van der Waals surface area (Å²) >= 11 is 7.73. The van der Waals surface area contributed by atoms with Crippen LogP contribution in [0.25, 0.3) is 10.2 Å². The molecule has 4 rings (SSSR count). The first-order valence-electron chi connectivity index (χ1n) is 10.00. The van der Waals surface area contributed by atoms with Gasteiger partial charge in [0.15, 0.2) is 5.82 Å². The maximum absolute atomic E-state index is 12.6. The predicted molar refractivity (Wildman–Crippen MR) is 114 cm³/mol. The minimum atomic E-state index is -0.344. The largest absolute Gasteiger partial charge is 0.392 e. The molecule has 158 valence electrons. The average Bonchev–Trinajstić information content (AvgIpc) is 3.14. The maximum Gasteiger partial charge on any atom is 0.237 e. The Hall–Kier alpha value is -1.52. The highest BCUT2D eigenvalue weighted by atomic mass is 35.5. The Bertz CT molecular complexity index is 873. The zero-order valence-electron chi connectivity index (χ0n) is 16.4. The number of nitrogens with zero attached hydrogens (tertiary/aromatic N) is 4. The summed E-state index contributed by atoms with van der Waals surface area (Å²) in [5.74, 6) is 0.802. The first kappa shape index (κ1) is 20.7. The number of carbonyl (C=O) groups is 1. The second-order valence-electron chi connectivity index (χ2n) is 7.53. The highest BCUT2D eigenvalue weighted by Crippen LogP contribution is 2.33. The molecular weight excluding hydrogens is 414 g/mol. The van der Waals surface area contributed by atoms with Crippen LogP contribution in [0.3, 0.4) is 0 Å². The molecule has 10 heteroatoms. The molecule has 0 aliphatic carbocycles. The molecule has 29 heavy (non-hydrogen) atoms. The Morgan fingerprint density at radius 3 is 2.97 bits per heavy atom. The van der Waals surface area contributed by atoms with E-state index in [4.69, 9.17) is 16.3 Å². The summed E-state index contributed by atoms with van der Waals surface area (Å²) in [6.07, 6.45) is 1.38. The van der Waals surface area contributed by atoms with Crippen molar-refractivity contribution in [3.8, 4) is 0 Å². The minimum absolute atomic E-state index is 0.0333. The number of amides is 1. The number of likely N-dealkylation sites (tertiary alicyclic amines) is 1. The normalized spacial score (nSPS) is 22.0. The highest BCUT2D eigenvalue weighted by Gasteiger charge is 2.26. The zero-order valence-corrected chi connectivity index (χ0v) is 18.0.